The molecule has 14 heteroatoms. The maximum absolute atomic E-state index is 14.2. The normalized spacial score (nSPS) is 22.2. The molecule has 1 spiro atoms. The number of carbonyl (C=O) groups excluding carboxylic acids is 2. The summed E-state index contributed by atoms with van der Waals surface area (Å²) in [6.45, 7) is 7.40. The number of nitrogens with one attached hydrogen (secondary N) is 4. The van der Waals surface area contributed by atoms with Crippen LogP contribution >= 0.6 is 27.5 Å². The molecule has 4 aliphatic heterocycles. The van der Waals surface area contributed by atoms with Crippen LogP contribution in [-0.4, -0.2) is 50.2 Å². The van der Waals surface area contributed by atoms with Crippen molar-refractivity contribution in [1.82, 2.24) is 25.6 Å². The van der Waals surface area contributed by atoms with E-state index < -0.39 is 41.6 Å². The van der Waals surface area contributed by atoms with Gasteiger partial charge in [0.05, 0.1) is 5.56 Å². The Morgan fingerprint density at radius 3 is 2.63 bits per heavy atom. The minimum atomic E-state index is -1.29. The molecule has 10 rings (SSSR count). The minimum absolute atomic E-state index is 0.149. The number of carbonyl (C=O) groups is 2. The Bertz CT molecular complexity index is 2590. The monoisotopic (exact) mass is 808 g/mol. The number of rotatable bonds is 4. The van der Waals surface area contributed by atoms with Crippen LogP contribution in [0.3, 0.4) is 0 Å². The molecule has 6 aromatic rings. The van der Waals surface area contributed by atoms with Gasteiger partial charge in [-0.15, -0.1) is 0 Å². The third-order valence-electron chi connectivity index (χ3n) is 11.2. The standard InChI is InChI=1S/C40H34BrClN6O6/c1-15(2)27-37-46-29-32(54-37)40-20-9-5-8-19(18-7-6-10-22-25(18)26(34(42)43-22)31-33(41)48-38(29)53-31)28(20)47-39(40)52-24-12-11-17(13-21(24)40)14-23(35(50)45-27)44-36(51)30(49)16(3)4/h5-13,15-16,23,27,30,39,43,47,49H,14H2,1-4H3,(H,44,51)(H,45,50)/t23-,27-,30-,39?,40?/m0/s1. The van der Waals surface area contributed by atoms with Gasteiger partial charge in [-0.3, -0.25) is 9.59 Å². The van der Waals surface area contributed by atoms with E-state index in [1.165, 1.54) is 0 Å². The molecule has 2 amide bonds. The number of ether oxygens (including phenoxy) is 1. The highest BCUT2D eigenvalue weighted by atomic mass is 79.9. The smallest absolute Gasteiger partial charge is 0.250 e. The molecular weight excluding hydrogens is 776 g/mol. The fourth-order valence-electron chi connectivity index (χ4n) is 8.52. The fourth-order valence-corrected chi connectivity index (χ4v) is 9.24. The molecule has 12 nitrogen and oxygen atoms in total. The first kappa shape index (κ1) is 33.5. The highest BCUT2D eigenvalue weighted by molar-refractivity contribution is 9.10. The molecular formula is C40H34BrClN6O6. The third-order valence-corrected chi connectivity index (χ3v) is 12.0. The first-order valence-corrected chi connectivity index (χ1v) is 19.1. The van der Waals surface area contributed by atoms with Crippen molar-refractivity contribution in [2.24, 2.45) is 11.8 Å². The van der Waals surface area contributed by atoms with E-state index in [1.807, 2.05) is 50.2 Å². The van der Waals surface area contributed by atoms with E-state index in [2.05, 4.69) is 55.1 Å². The van der Waals surface area contributed by atoms with Gasteiger partial charge in [0.2, 0.25) is 17.7 Å². The van der Waals surface area contributed by atoms with E-state index in [-0.39, 0.29) is 30.0 Å². The van der Waals surface area contributed by atoms with Gasteiger partial charge in [0.1, 0.15) is 34.5 Å². The summed E-state index contributed by atoms with van der Waals surface area (Å²) in [6.07, 6.45) is -1.83. The summed E-state index contributed by atoms with van der Waals surface area (Å²) in [5.74, 6) is 0.266. The molecule has 0 fully saturated rings. The zero-order valence-electron chi connectivity index (χ0n) is 29.5. The van der Waals surface area contributed by atoms with Gasteiger partial charge in [-0.2, -0.15) is 0 Å². The number of hydrogen-bond donors (Lipinski definition) is 5. The van der Waals surface area contributed by atoms with E-state index in [9.17, 15) is 14.7 Å². The Morgan fingerprint density at radius 2 is 1.83 bits per heavy atom. The molecule has 54 heavy (non-hydrogen) atoms. The number of oxazole rings is 2. The predicted octanol–water partition coefficient (Wildman–Crippen LogP) is 7.22. The molecule has 3 aromatic heterocycles. The highest BCUT2D eigenvalue weighted by Crippen LogP contribution is 2.62. The summed E-state index contributed by atoms with van der Waals surface area (Å²) in [7, 11) is 0. The number of benzene rings is 3. The summed E-state index contributed by atoms with van der Waals surface area (Å²) < 4.78 is 20.9. The van der Waals surface area contributed by atoms with Crippen molar-refractivity contribution >= 4 is 55.9 Å². The molecule has 4 aliphatic rings. The largest absolute Gasteiger partial charge is 0.469 e. The van der Waals surface area contributed by atoms with Gasteiger partial charge < -0.3 is 39.6 Å². The highest BCUT2D eigenvalue weighted by Gasteiger charge is 2.61. The number of amides is 2. The number of H-pyrrole nitrogens is 1. The summed E-state index contributed by atoms with van der Waals surface area (Å²) in [5, 5.41) is 21.6. The molecule has 0 saturated carbocycles. The van der Waals surface area contributed by atoms with Crippen LogP contribution in [0.15, 0.2) is 68.0 Å². The Morgan fingerprint density at radius 1 is 1.04 bits per heavy atom. The first-order chi connectivity index (χ1) is 25.9. The fraction of sp³-hybridized carbons (Fsp3) is 0.300. The summed E-state index contributed by atoms with van der Waals surface area (Å²) in [5.41, 5.74) is 5.84. The molecule has 2 unspecified atom stereocenters. The second-order valence-electron chi connectivity index (χ2n) is 15.1. The number of aliphatic hydroxyl groups is 1. The third kappa shape index (κ3) is 4.51. The Labute approximate surface area is 322 Å². The van der Waals surface area contributed by atoms with Crippen molar-refractivity contribution in [1.29, 1.82) is 0 Å². The quantitative estimate of drug-likeness (QED) is 0.124. The number of fused-ring (bicyclic) bond motifs is 7. The SMILES string of the molecule is CC(C)[C@H](O)C(=O)N[C@H]1Cc2ccc3c(c2)C24c5cccc(c5NC2O3)-c2cccc3[nH]c(Cl)c(c23)-c2oc(nc2Br)-c2nc(oc24)[C@H](C(C)C)NC1=O. The van der Waals surface area contributed by atoms with Crippen molar-refractivity contribution in [3.8, 4) is 39.8 Å². The van der Waals surface area contributed by atoms with Crippen LogP contribution in [0, 0.1) is 11.8 Å². The zero-order valence-corrected chi connectivity index (χ0v) is 31.8. The van der Waals surface area contributed by atoms with E-state index in [0.29, 0.717) is 38.3 Å². The van der Waals surface area contributed by atoms with E-state index >= 15 is 0 Å². The van der Waals surface area contributed by atoms with Crippen LogP contribution in [0.4, 0.5) is 5.69 Å². The average Bonchev–Trinajstić information content (AvgIpc) is 3.94. The minimum Gasteiger partial charge on any atom is -0.469 e. The average molecular weight is 810 g/mol. The zero-order chi connectivity index (χ0) is 37.4. The Kier molecular flexibility index (Phi) is 7.25. The lowest BCUT2D eigenvalue weighted by molar-refractivity contribution is -0.135. The number of aliphatic hydroxyl groups excluding tert-OH is 1. The van der Waals surface area contributed by atoms with Crippen LogP contribution in [0.1, 0.15) is 62.1 Å². The number of para-hydroxylation sites is 1. The summed E-state index contributed by atoms with van der Waals surface area (Å²) in [4.78, 5) is 40.8. The lowest BCUT2D eigenvalue weighted by Crippen LogP contribution is -2.52. The van der Waals surface area contributed by atoms with Crippen molar-refractivity contribution in [3.05, 3.63) is 92.7 Å². The lowest BCUT2D eigenvalue weighted by Gasteiger charge is -2.29. The molecule has 0 saturated heterocycles. The number of aromatic nitrogens is 3. The summed E-state index contributed by atoms with van der Waals surface area (Å²) >= 11 is 10.6. The van der Waals surface area contributed by atoms with Gasteiger partial charge >= 0.3 is 0 Å². The first-order valence-electron chi connectivity index (χ1n) is 17.9. The van der Waals surface area contributed by atoms with Crippen LogP contribution in [0.25, 0.3) is 44.9 Å². The van der Waals surface area contributed by atoms with Crippen molar-refractivity contribution < 1.29 is 28.3 Å². The second kappa shape index (κ2) is 11.7. The van der Waals surface area contributed by atoms with Crippen LogP contribution in [0.2, 0.25) is 5.15 Å². The maximum atomic E-state index is 14.2. The van der Waals surface area contributed by atoms with E-state index in [4.69, 9.17) is 35.1 Å². The molecule has 5 N–H and O–H groups in total. The molecule has 5 atom stereocenters. The number of nitrogens with zero attached hydrogens (tertiary/aromatic N) is 2. The van der Waals surface area contributed by atoms with Crippen molar-refractivity contribution in [2.75, 3.05) is 5.32 Å². The van der Waals surface area contributed by atoms with Crippen LogP contribution in [0.5, 0.6) is 5.75 Å². The lowest BCUT2D eigenvalue weighted by atomic mass is 9.72. The van der Waals surface area contributed by atoms with E-state index in [0.717, 1.165) is 44.4 Å². The predicted molar refractivity (Wildman–Crippen MR) is 204 cm³/mol. The van der Waals surface area contributed by atoms with Crippen LogP contribution in [-0.2, 0) is 21.4 Å². The van der Waals surface area contributed by atoms with Crippen molar-refractivity contribution in [3.63, 3.8) is 0 Å². The Hall–Kier alpha value is -5.11. The van der Waals surface area contributed by atoms with Gasteiger partial charge in [0.15, 0.2) is 28.0 Å². The molecule has 3 aromatic carbocycles. The van der Waals surface area contributed by atoms with Gasteiger partial charge in [-0.05, 0) is 51.0 Å². The number of hydrogen-bond acceptors (Lipinski definition) is 9. The second-order valence-corrected chi connectivity index (χ2v) is 16.2. The number of halogens is 2. The van der Waals surface area contributed by atoms with Crippen molar-refractivity contribution in [2.45, 2.75) is 63.9 Å². The van der Waals surface area contributed by atoms with Gasteiger partial charge in [0.25, 0.3) is 5.89 Å². The summed E-state index contributed by atoms with van der Waals surface area (Å²) in [6, 6.07) is 16.2. The molecule has 0 aliphatic carbocycles. The number of aromatic amines is 1. The molecule has 0 radical (unpaired) electrons. The topological polar surface area (TPSA) is 168 Å². The van der Waals surface area contributed by atoms with Gasteiger partial charge in [-0.25, -0.2) is 9.97 Å². The Balaban J connectivity index is 1.30. The molecule has 10 bridgehead atoms. The molecule has 274 valence electrons. The molecule has 7 heterocycles. The van der Waals surface area contributed by atoms with E-state index in [1.54, 1.807) is 13.8 Å². The van der Waals surface area contributed by atoms with Gasteiger partial charge in [0, 0.05) is 39.7 Å². The maximum Gasteiger partial charge on any atom is 0.250 e. The van der Waals surface area contributed by atoms with Crippen LogP contribution < -0.4 is 20.7 Å². The number of anilines is 1. The van der Waals surface area contributed by atoms with Gasteiger partial charge in [-0.1, -0.05) is 81.8 Å².